The van der Waals surface area contributed by atoms with Gasteiger partial charge in [0.25, 0.3) is 0 Å². The van der Waals surface area contributed by atoms with Crippen molar-refractivity contribution in [1.29, 1.82) is 0 Å². The molecule has 148 valence electrons. The Kier molecular flexibility index (Phi) is 4.61. The summed E-state index contributed by atoms with van der Waals surface area (Å²) < 4.78 is 0. The highest BCUT2D eigenvalue weighted by Crippen LogP contribution is 2.66. The van der Waals surface area contributed by atoms with Crippen LogP contribution < -0.4 is 0 Å². The van der Waals surface area contributed by atoms with Crippen LogP contribution in [-0.4, -0.2) is 47.5 Å². The zero-order chi connectivity index (χ0) is 18.9. The summed E-state index contributed by atoms with van der Waals surface area (Å²) in [5, 5.41) is 20.9. The van der Waals surface area contributed by atoms with E-state index in [9.17, 15) is 10.2 Å². The molecule has 0 bridgehead atoms. The number of hydrogen-bond acceptors (Lipinski definition) is 3. The maximum Gasteiger partial charge on any atom is 0.0832 e. The number of aliphatic hydroxyl groups excluding tert-OH is 2. The molecule has 0 amide bonds. The fourth-order valence-electron chi connectivity index (χ4n) is 7.84. The number of allylic oxidation sites excluding steroid dienone is 1. The largest absolute Gasteiger partial charge is 0.390 e. The van der Waals surface area contributed by atoms with Gasteiger partial charge in [-0.1, -0.05) is 25.5 Å². The number of fused-ring (bicyclic) bond motifs is 5. The molecule has 3 fully saturated rings. The summed E-state index contributed by atoms with van der Waals surface area (Å²) in [6.07, 6.45) is 9.62. The molecule has 0 aliphatic heterocycles. The second kappa shape index (κ2) is 6.32. The number of rotatable bonds is 2. The predicted molar refractivity (Wildman–Crippen MR) is 106 cm³/mol. The number of hydrogen-bond donors (Lipinski definition) is 2. The van der Waals surface area contributed by atoms with Crippen molar-refractivity contribution >= 4 is 0 Å². The van der Waals surface area contributed by atoms with E-state index in [0.29, 0.717) is 17.4 Å². The third-order valence-electron chi connectivity index (χ3n) is 9.59. The van der Waals surface area contributed by atoms with Gasteiger partial charge in [0.15, 0.2) is 0 Å². The first kappa shape index (κ1) is 19.0. The highest BCUT2D eigenvalue weighted by atomic mass is 16.3. The van der Waals surface area contributed by atoms with Gasteiger partial charge in [0, 0.05) is 6.04 Å². The molecule has 2 N–H and O–H groups in total. The summed E-state index contributed by atoms with van der Waals surface area (Å²) in [4.78, 5) is 2.36. The molecule has 0 unspecified atom stereocenters. The molecule has 0 saturated heterocycles. The minimum atomic E-state index is -0.506. The van der Waals surface area contributed by atoms with Crippen molar-refractivity contribution in [3.8, 4) is 0 Å². The first-order valence-electron chi connectivity index (χ1n) is 10.9. The van der Waals surface area contributed by atoms with E-state index in [1.165, 1.54) is 25.7 Å². The van der Waals surface area contributed by atoms with Gasteiger partial charge < -0.3 is 15.1 Å². The van der Waals surface area contributed by atoms with Crippen LogP contribution in [0.2, 0.25) is 0 Å². The minimum absolute atomic E-state index is 0.221. The molecule has 0 radical (unpaired) electrons. The zero-order valence-electron chi connectivity index (χ0n) is 17.4. The molecule has 0 aromatic heterocycles. The summed E-state index contributed by atoms with van der Waals surface area (Å²) in [6, 6.07) is 0.528. The lowest BCUT2D eigenvalue weighted by atomic mass is 9.44. The van der Waals surface area contributed by atoms with Crippen LogP contribution in [-0.2, 0) is 0 Å². The van der Waals surface area contributed by atoms with Gasteiger partial charge in [-0.25, -0.2) is 0 Å². The Morgan fingerprint density at radius 2 is 1.73 bits per heavy atom. The van der Waals surface area contributed by atoms with Gasteiger partial charge in [-0.2, -0.15) is 0 Å². The van der Waals surface area contributed by atoms with Gasteiger partial charge in [0.1, 0.15) is 0 Å². The molecule has 0 aromatic rings. The van der Waals surface area contributed by atoms with Crippen molar-refractivity contribution in [2.45, 2.75) is 84.0 Å². The highest BCUT2D eigenvalue weighted by molar-refractivity contribution is 5.29. The number of aliphatic hydroxyl groups is 2. The summed E-state index contributed by atoms with van der Waals surface area (Å²) in [7, 11) is 4.41. The van der Waals surface area contributed by atoms with E-state index >= 15 is 0 Å². The Hall–Kier alpha value is -0.380. The predicted octanol–water partition coefficient (Wildman–Crippen LogP) is 3.85. The van der Waals surface area contributed by atoms with Gasteiger partial charge in [-0.15, -0.1) is 0 Å². The van der Waals surface area contributed by atoms with Crippen LogP contribution in [0.4, 0.5) is 0 Å². The van der Waals surface area contributed by atoms with E-state index < -0.39 is 12.2 Å². The lowest BCUT2D eigenvalue weighted by molar-refractivity contribution is -0.170. The maximum atomic E-state index is 10.7. The van der Waals surface area contributed by atoms with Crippen LogP contribution in [0.5, 0.6) is 0 Å². The first-order chi connectivity index (χ1) is 12.2. The Morgan fingerprint density at radius 1 is 1.00 bits per heavy atom. The van der Waals surface area contributed by atoms with E-state index in [1.54, 1.807) is 5.57 Å². The molecule has 4 aliphatic rings. The van der Waals surface area contributed by atoms with Gasteiger partial charge >= 0.3 is 0 Å². The Balaban J connectivity index is 1.60. The summed E-state index contributed by atoms with van der Waals surface area (Å²) in [5.74, 6) is 2.59. The Labute approximate surface area is 159 Å². The van der Waals surface area contributed by atoms with Crippen LogP contribution in [0, 0.1) is 34.5 Å². The second-order valence-electron chi connectivity index (χ2n) is 10.7. The third kappa shape index (κ3) is 2.49. The van der Waals surface area contributed by atoms with Crippen molar-refractivity contribution < 1.29 is 10.2 Å². The van der Waals surface area contributed by atoms with E-state index in [4.69, 9.17) is 0 Å². The van der Waals surface area contributed by atoms with E-state index in [2.05, 4.69) is 45.8 Å². The fraction of sp³-hybridized carbons (Fsp3) is 0.913. The lowest BCUT2D eigenvalue weighted by Gasteiger charge is -2.61. The smallest absolute Gasteiger partial charge is 0.0832 e. The van der Waals surface area contributed by atoms with Crippen molar-refractivity contribution in [1.82, 2.24) is 4.90 Å². The van der Waals surface area contributed by atoms with Crippen LogP contribution in [0.15, 0.2) is 11.6 Å². The molecule has 4 rings (SSSR count). The quantitative estimate of drug-likeness (QED) is 0.734. The number of nitrogens with zero attached hydrogens (tertiary/aromatic N) is 1. The molecule has 0 aromatic carbocycles. The summed E-state index contributed by atoms with van der Waals surface area (Å²) >= 11 is 0. The van der Waals surface area contributed by atoms with E-state index in [-0.39, 0.29) is 5.41 Å². The molecule has 0 spiro atoms. The summed E-state index contributed by atoms with van der Waals surface area (Å²) in [5.41, 5.74) is 2.26. The van der Waals surface area contributed by atoms with Crippen molar-refractivity contribution in [3.63, 3.8) is 0 Å². The SMILES string of the molecule is C[C@@H](C1=CC[C@H]2[C@@H]3CC[C@H]4[C@H](O)[C@@H](O)CC[C@]4(C)[C@H]3CC[C@]12C)N(C)C. The molecule has 3 saturated carbocycles. The van der Waals surface area contributed by atoms with Gasteiger partial charge in [-0.3, -0.25) is 0 Å². The fourth-order valence-corrected chi connectivity index (χ4v) is 7.84. The van der Waals surface area contributed by atoms with Crippen LogP contribution in [0.25, 0.3) is 0 Å². The van der Waals surface area contributed by atoms with Gasteiger partial charge in [0.2, 0.25) is 0 Å². The van der Waals surface area contributed by atoms with Crippen molar-refractivity contribution in [2.24, 2.45) is 34.5 Å². The minimum Gasteiger partial charge on any atom is -0.390 e. The number of likely N-dealkylation sites (N-methyl/N-ethyl adjacent to an activating group) is 1. The zero-order valence-corrected chi connectivity index (χ0v) is 17.4. The van der Waals surface area contributed by atoms with Crippen molar-refractivity contribution in [2.75, 3.05) is 14.1 Å². The molecule has 0 heterocycles. The molecule has 3 heteroatoms. The molecular formula is C23H39NO2. The van der Waals surface area contributed by atoms with E-state index in [1.807, 2.05) is 0 Å². The molecule has 3 nitrogen and oxygen atoms in total. The standard InChI is InChI=1S/C23H39NO2/c1-14(24(4)5)16-8-9-17-15-6-7-19-21(26)20(25)11-13-23(19,3)18(15)10-12-22(16,17)2/h8,14-15,17-21,25-26H,6-7,9-13H2,1-5H3/t14-,15-,17-,18-,19-,20-,21-,22+,23+/m0/s1. The van der Waals surface area contributed by atoms with Crippen LogP contribution >= 0.6 is 0 Å². The first-order valence-corrected chi connectivity index (χ1v) is 10.9. The maximum absolute atomic E-state index is 10.7. The average Bonchev–Trinajstić information content (AvgIpc) is 2.95. The Bertz CT molecular complexity index is 587. The topological polar surface area (TPSA) is 43.7 Å². The molecule has 9 atom stereocenters. The second-order valence-corrected chi connectivity index (χ2v) is 10.7. The van der Waals surface area contributed by atoms with Crippen molar-refractivity contribution in [3.05, 3.63) is 11.6 Å². The molecular weight excluding hydrogens is 322 g/mol. The summed E-state index contributed by atoms with van der Waals surface area (Å²) in [6.45, 7) is 7.35. The van der Waals surface area contributed by atoms with Crippen LogP contribution in [0.3, 0.4) is 0 Å². The molecule has 4 aliphatic carbocycles. The lowest BCUT2D eigenvalue weighted by Crippen LogP contribution is -2.58. The van der Waals surface area contributed by atoms with Gasteiger partial charge in [-0.05, 0) is 100 Å². The van der Waals surface area contributed by atoms with Crippen LogP contribution in [0.1, 0.15) is 65.7 Å². The Morgan fingerprint density at radius 3 is 2.42 bits per heavy atom. The third-order valence-corrected chi connectivity index (χ3v) is 9.59. The average molecular weight is 362 g/mol. The molecule has 26 heavy (non-hydrogen) atoms. The normalized spacial score (nSPS) is 52.1. The van der Waals surface area contributed by atoms with Gasteiger partial charge in [0.05, 0.1) is 12.2 Å². The van der Waals surface area contributed by atoms with E-state index in [0.717, 1.165) is 37.0 Å². The monoisotopic (exact) mass is 361 g/mol. The highest BCUT2D eigenvalue weighted by Gasteiger charge is 2.60.